The van der Waals surface area contributed by atoms with Crippen LogP contribution in [0.25, 0.3) is 5.65 Å². The van der Waals surface area contributed by atoms with E-state index in [0.29, 0.717) is 0 Å². The maximum absolute atomic E-state index is 4.41. The van der Waals surface area contributed by atoms with Crippen LogP contribution in [0.15, 0.2) is 29.1 Å². The summed E-state index contributed by atoms with van der Waals surface area (Å²) in [4.78, 5) is 4.41. The molecule has 0 aromatic carbocycles. The van der Waals surface area contributed by atoms with Gasteiger partial charge in [0.2, 0.25) is 0 Å². The van der Waals surface area contributed by atoms with Gasteiger partial charge in [-0.3, -0.25) is 0 Å². The molecule has 0 fully saturated rings. The number of imidazole rings is 1. The van der Waals surface area contributed by atoms with E-state index in [0.717, 1.165) is 23.1 Å². The largest absolute Gasteiger partial charge is 0.306 e. The highest BCUT2D eigenvalue weighted by Gasteiger charge is 2.02. The second-order valence-electron chi connectivity index (χ2n) is 3.08. The summed E-state index contributed by atoms with van der Waals surface area (Å²) in [5, 5.41) is 0. The number of rotatable bonds is 2. The fraction of sp³-hybridized carbons (Fsp3) is 0.300. The van der Waals surface area contributed by atoms with E-state index in [9.17, 15) is 0 Å². The van der Waals surface area contributed by atoms with Gasteiger partial charge in [-0.15, -0.1) is 0 Å². The van der Waals surface area contributed by atoms with Crippen LogP contribution < -0.4 is 0 Å². The number of hydrogen-bond acceptors (Lipinski definition) is 1. The van der Waals surface area contributed by atoms with Crippen LogP contribution in [0.5, 0.6) is 0 Å². The lowest BCUT2D eigenvalue weighted by Gasteiger charge is -1.99. The van der Waals surface area contributed by atoms with Gasteiger partial charge in [0.15, 0.2) is 0 Å². The van der Waals surface area contributed by atoms with Crippen LogP contribution in [0.1, 0.15) is 18.9 Å². The molecular weight excluding hydrogens is 228 g/mol. The van der Waals surface area contributed by atoms with Crippen LogP contribution in [0.2, 0.25) is 0 Å². The van der Waals surface area contributed by atoms with E-state index in [-0.39, 0.29) is 0 Å². The van der Waals surface area contributed by atoms with E-state index < -0.39 is 0 Å². The van der Waals surface area contributed by atoms with Crippen molar-refractivity contribution in [3.63, 3.8) is 0 Å². The standard InChI is InChI=1S/C10H11BrN2/c1-2-4-8-5-3-6-13-7-9(11)12-10(8)13/h3,5-7H,2,4H2,1H3. The molecule has 2 aromatic rings. The zero-order valence-electron chi connectivity index (χ0n) is 7.50. The van der Waals surface area contributed by atoms with Crippen molar-refractivity contribution in [2.75, 3.05) is 0 Å². The Kier molecular flexibility index (Phi) is 2.36. The van der Waals surface area contributed by atoms with E-state index >= 15 is 0 Å². The Balaban J connectivity index is 2.60. The molecule has 68 valence electrons. The molecule has 0 unspecified atom stereocenters. The van der Waals surface area contributed by atoms with E-state index in [2.05, 4.69) is 44.4 Å². The number of nitrogens with zero attached hydrogens (tertiary/aromatic N) is 2. The van der Waals surface area contributed by atoms with Crippen LogP contribution >= 0.6 is 15.9 Å². The second-order valence-corrected chi connectivity index (χ2v) is 3.89. The van der Waals surface area contributed by atoms with Gasteiger partial charge in [-0.1, -0.05) is 19.4 Å². The smallest absolute Gasteiger partial charge is 0.141 e. The maximum atomic E-state index is 4.41. The zero-order chi connectivity index (χ0) is 9.26. The predicted molar refractivity (Wildman–Crippen MR) is 56.9 cm³/mol. The lowest BCUT2D eigenvalue weighted by molar-refractivity contribution is 0.916. The van der Waals surface area contributed by atoms with Crippen molar-refractivity contribution in [1.82, 2.24) is 9.38 Å². The molecule has 0 radical (unpaired) electrons. The van der Waals surface area contributed by atoms with Gasteiger partial charge in [0.25, 0.3) is 0 Å². The molecule has 2 nitrogen and oxygen atoms in total. The molecule has 3 heteroatoms. The first-order valence-electron chi connectivity index (χ1n) is 4.43. The van der Waals surface area contributed by atoms with Crippen molar-refractivity contribution in [1.29, 1.82) is 0 Å². The molecule has 0 amide bonds. The number of pyridine rings is 1. The molecule has 0 spiro atoms. The van der Waals surface area contributed by atoms with Crippen LogP contribution in [0.4, 0.5) is 0 Å². The fourth-order valence-electron chi connectivity index (χ4n) is 1.51. The van der Waals surface area contributed by atoms with Crippen LogP contribution in [0, 0.1) is 0 Å². The third-order valence-corrected chi connectivity index (χ3v) is 2.44. The van der Waals surface area contributed by atoms with Crippen molar-refractivity contribution in [2.24, 2.45) is 0 Å². The molecular formula is C10H11BrN2. The van der Waals surface area contributed by atoms with Gasteiger partial charge in [-0.2, -0.15) is 0 Å². The van der Waals surface area contributed by atoms with Crippen LogP contribution in [-0.2, 0) is 6.42 Å². The number of aryl methyl sites for hydroxylation is 1. The van der Waals surface area contributed by atoms with Gasteiger partial charge in [-0.05, 0) is 34.0 Å². The van der Waals surface area contributed by atoms with Crippen LogP contribution in [0.3, 0.4) is 0 Å². The summed E-state index contributed by atoms with van der Waals surface area (Å²) in [5.74, 6) is 0. The number of aromatic nitrogens is 2. The first-order chi connectivity index (χ1) is 6.31. The minimum Gasteiger partial charge on any atom is -0.306 e. The summed E-state index contributed by atoms with van der Waals surface area (Å²) in [6.45, 7) is 2.18. The van der Waals surface area contributed by atoms with Gasteiger partial charge in [0.1, 0.15) is 10.3 Å². The third kappa shape index (κ3) is 1.61. The number of fused-ring (bicyclic) bond motifs is 1. The van der Waals surface area contributed by atoms with Gasteiger partial charge < -0.3 is 4.40 Å². The van der Waals surface area contributed by atoms with E-state index in [1.165, 1.54) is 5.56 Å². The number of hydrogen-bond donors (Lipinski definition) is 0. The second kappa shape index (κ2) is 3.50. The minimum absolute atomic E-state index is 0.899. The Morgan fingerprint density at radius 2 is 2.38 bits per heavy atom. The molecule has 0 aliphatic rings. The monoisotopic (exact) mass is 238 g/mol. The van der Waals surface area contributed by atoms with E-state index in [4.69, 9.17) is 0 Å². The summed E-state index contributed by atoms with van der Waals surface area (Å²) < 4.78 is 2.95. The quantitative estimate of drug-likeness (QED) is 0.787. The molecule has 2 heterocycles. The number of halogens is 1. The molecule has 0 bridgehead atoms. The van der Waals surface area contributed by atoms with Gasteiger partial charge in [-0.25, -0.2) is 4.98 Å². The Hall–Kier alpha value is -0.830. The highest BCUT2D eigenvalue weighted by atomic mass is 79.9. The first kappa shape index (κ1) is 8.75. The molecule has 0 atom stereocenters. The third-order valence-electron chi connectivity index (χ3n) is 2.05. The summed E-state index contributed by atoms with van der Waals surface area (Å²) >= 11 is 3.38. The molecule has 13 heavy (non-hydrogen) atoms. The highest BCUT2D eigenvalue weighted by molar-refractivity contribution is 9.10. The van der Waals surface area contributed by atoms with Crippen molar-refractivity contribution >= 4 is 21.6 Å². The zero-order valence-corrected chi connectivity index (χ0v) is 9.08. The van der Waals surface area contributed by atoms with E-state index in [1.807, 2.05) is 12.4 Å². The van der Waals surface area contributed by atoms with Crippen LogP contribution in [-0.4, -0.2) is 9.38 Å². The summed E-state index contributed by atoms with van der Waals surface area (Å²) in [6, 6.07) is 4.20. The predicted octanol–water partition coefficient (Wildman–Crippen LogP) is 3.05. The van der Waals surface area contributed by atoms with Crippen molar-refractivity contribution < 1.29 is 0 Å². The van der Waals surface area contributed by atoms with E-state index in [1.54, 1.807) is 0 Å². The fourth-order valence-corrected chi connectivity index (χ4v) is 1.89. The van der Waals surface area contributed by atoms with Gasteiger partial charge in [0.05, 0.1) is 0 Å². The first-order valence-corrected chi connectivity index (χ1v) is 5.22. The lowest BCUT2D eigenvalue weighted by Crippen LogP contribution is -1.90. The topological polar surface area (TPSA) is 17.3 Å². The molecule has 0 aliphatic carbocycles. The van der Waals surface area contributed by atoms with Gasteiger partial charge >= 0.3 is 0 Å². The maximum Gasteiger partial charge on any atom is 0.141 e. The molecule has 0 saturated heterocycles. The van der Waals surface area contributed by atoms with Crippen molar-refractivity contribution in [3.05, 3.63) is 34.7 Å². The Morgan fingerprint density at radius 1 is 1.54 bits per heavy atom. The molecule has 0 N–H and O–H groups in total. The molecule has 2 rings (SSSR count). The Labute approximate surface area is 85.7 Å². The summed E-state index contributed by atoms with van der Waals surface area (Å²) in [5.41, 5.74) is 2.38. The SMILES string of the molecule is CCCc1cccn2cc(Br)nc12. The summed E-state index contributed by atoms with van der Waals surface area (Å²) in [6.07, 6.45) is 6.25. The molecule has 0 aliphatic heterocycles. The normalized spacial score (nSPS) is 10.9. The average molecular weight is 239 g/mol. The summed E-state index contributed by atoms with van der Waals surface area (Å²) in [7, 11) is 0. The Morgan fingerprint density at radius 3 is 3.15 bits per heavy atom. The highest BCUT2D eigenvalue weighted by Crippen LogP contribution is 2.15. The Bertz CT molecular complexity index is 420. The minimum atomic E-state index is 0.899. The van der Waals surface area contributed by atoms with Crippen molar-refractivity contribution in [2.45, 2.75) is 19.8 Å². The van der Waals surface area contributed by atoms with Crippen molar-refractivity contribution in [3.8, 4) is 0 Å². The molecule has 2 aromatic heterocycles. The van der Waals surface area contributed by atoms with Gasteiger partial charge in [0, 0.05) is 12.4 Å². The lowest BCUT2D eigenvalue weighted by atomic mass is 10.1. The molecule has 0 saturated carbocycles. The average Bonchev–Trinajstić information content (AvgIpc) is 2.47.